The molecule has 1 amide bonds. The molecule has 0 saturated carbocycles. The number of carbonyl (C=O) groups excluding carboxylic acids is 1. The molecule has 0 spiro atoms. The highest BCUT2D eigenvalue weighted by molar-refractivity contribution is 6.01. The van der Waals surface area contributed by atoms with Crippen molar-refractivity contribution in [2.24, 2.45) is 16.7 Å². The van der Waals surface area contributed by atoms with Crippen LogP contribution in [0, 0.1) is 16.7 Å². The number of hydrogen-bond donors (Lipinski definition) is 1. The minimum absolute atomic E-state index is 0.261. The van der Waals surface area contributed by atoms with E-state index in [0.717, 1.165) is 12.8 Å². The number of hydrogen-bond acceptors (Lipinski definition) is 2. The predicted molar refractivity (Wildman–Crippen MR) is 70.2 cm³/mol. The second-order valence-corrected chi connectivity index (χ2v) is 6.86. The SMILES string of the molecule is CC(C)(C(=O)O)C(=O)N1CCC(C(C)(C)C)CC1. The van der Waals surface area contributed by atoms with Gasteiger partial charge in [0, 0.05) is 13.1 Å². The van der Waals surface area contributed by atoms with Crippen molar-refractivity contribution in [3.05, 3.63) is 0 Å². The van der Waals surface area contributed by atoms with Crippen molar-refractivity contribution < 1.29 is 14.7 Å². The number of nitrogens with zero attached hydrogens (tertiary/aromatic N) is 1. The molecule has 1 heterocycles. The van der Waals surface area contributed by atoms with E-state index >= 15 is 0 Å². The highest BCUT2D eigenvalue weighted by Gasteiger charge is 2.41. The summed E-state index contributed by atoms with van der Waals surface area (Å²) in [5, 5.41) is 9.08. The molecule has 1 rings (SSSR count). The lowest BCUT2D eigenvalue weighted by molar-refractivity contribution is -0.159. The number of carbonyl (C=O) groups is 2. The molecule has 0 aromatic rings. The first-order chi connectivity index (χ1) is 8.06. The molecule has 0 radical (unpaired) electrons. The van der Waals surface area contributed by atoms with Gasteiger partial charge >= 0.3 is 5.97 Å². The molecular formula is C14H25NO3. The molecule has 4 heteroatoms. The van der Waals surface area contributed by atoms with E-state index in [1.54, 1.807) is 4.90 Å². The third-order valence-corrected chi connectivity index (χ3v) is 4.08. The summed E-state index contributed by atoms with van der Waals surface area (Å²) in [6.07, 6.45) is 1.93. The van der Waals surface area contributed by atoms with E-state index in [0.29, 0.717) is 19.0 Å². The van der Waals surface area contributed by atoms with Gasteiger partial charge in [-0.05, 0) is 38.0 Å². The molecule has 4 nitrogen and oxygen atoms in total. The number of amides is 1. The second kappa shape index (κ2) is 4.90. The molecule has 18 heavy (non-hydrogen) atoms. The van der Waals surface area contributed by atoms with Gasteiger partial charge in [0.1, 0.15) is 5.41 Å². The van der Waals surface area contributed by atoms with Crippen LogP contribution in [0.3, 0.4) is 0 Å². The molecule has 1 aliphatic rings. The number of carboxylic acids is 1. The van der Waals surface area contributed by atoms with Gasteiger partial charge in [-0.1, -0.05) is 20.8 Å². The van der Waals surface area contributed by atoms with Gasteiger partial charge in [-0.15, -0.1) is 0 Å². The van der Waals surface area contributed by atoms with Crippen LogP contribution in [0.4, 0.5) is 0 Å². The summed E-state index contributed by atoms with van der Waals surface area (Å²) < 4.78 is 0. The van der Waals surface area contributed by atoms with E-state index in [9.17, 15) is 9.59 Å². The van der Waals surface area contributed by atoms with Gasteiger partial charge < -0.3 is 10.0 Å². The highest BCUT2D eigenvalue weighted by Crippen LogP contribution is 2.35. The van der Waals surface area contributed by atoms with Crippen molar-refractivity contribution in [2.45, 2.75) is 47.5 Å². The normalized spacial score (nSPS) is 18.8. The van der Waals surface area contributed by atoms with E-state index in [1.165, 1.54) is 13.8 Å². The molecule has 0 aromatic heterocycles. The molecule has 1 fully saturated rings. The van der Waals surface area contributed by atoms with Crippen molar-refractivity contribution in [1.29, 1.82) is 0 Å². The number of likely N-dealkylation sites (tertiary alicyclic amines) is 1. The van der Waals surface area contributed by atoms with Gasteiger partial charge in [0.25, 0.3) is 0 Å². The van der Waals surface area contributed by atoms with Gasteiger partial charge in [0.05, 0.1) is 0 Å². The lowest BCUT2D eigenvalue weighted by Crippen LogP contribution is -2.49. The van der Waals surface area contributed by atoms with Crippen molar-refractivity contribution >= 4 is 11.9 Å². The number of piperidine rings is 1. The first-order valence-corrected chi connectivity index (χ1v) is 6.59. The fraction of sp³-hybridized carbons (Fsp3) is 0.857. The van der Waals surface area contributed by atoms with Crippen molar-refractivity contribution in [3.63, 3.8) is 0 Å². The molecule has 0 aromatic carbocycles. The first kappa shape index (κ1) is 15.0. The van der Waals surface area contributed by atoms with Gasteiger partial charge in [-0.3, -0.25) is 9.59 Å². The first-order valence-electron chi connectivity index (χ1n) is 6.59. The fourth-order valence-electron chi connectivity index (χ4n) is 2.44. The van der Waals surface area contributed by atoms with Gasteiger partial charge in [-0.2, -0.15) is 0 Å². The van der Waals surface area contributed by atoms with Crippen LogP contribution in [0.2, 0.25) is 0 Å². The number of rotatable bonds is 2. The van der Waals surface area contributed by atoms with E-state index in [2.05, 4.69) is 20.8 Å². The van der Waals surface area contributed by atoms with Crippen LogP contribution < -0.4 is 0 Å². The van der Waals surface area contributed by atoms with E-state index < -0.39 is 11.4 Å². The van der Waals surface area contributed by atoms with Crippen LogP contribution >= 0.6 is 0 Å². The molecule has 104 valence electrons. The van der Waals surface area contributed by atoms with Gasteiger partial charge in [0.15, 0.2) is 0 Å². The molecule has 1 saturated heterocycles. The number of aliphatic carboxylic acids is 1. The zero-order chi connectivity index (χ0) is 14.1. The summed E-state index contributed by atoms with van der Waals surface area (Å²) in [6.45, 7) is 11.0. The third-order valence-electron chi connectivity index (χ3n) is 4.08. The Bertz CT molecular complexity index is 333. The topological polar surface area (TPSA) is 57.6 Å². The maximum absolute atomic E-state index is 12.2. The Kier molecular flexibility index (Phi) is 4.08. The standard InChI is InChI=1S/C14H25NO3/c1-13(2,3)10-6-8-15(9-7-10)11(16)14(4,5)12(17)18/h10H,6-9H2,1-5H3,(H,17,18). The lowest BCUT2D eigenvalue weighted by atomic mass is 9.75. The van der Waals surface area contributed by atoms with Crippen LogP contribution in [0.15, 0.2) is 0 Å². The summed E-state index contributed by atoms with van der Waals surface area (Å²) >= 11 is 0. The number of carboxylic acid groups (broad SMARTS) is 1. The van der Waals surface area contributed by atoms with Crippen molar-refractivity contribution in [1.82, 2.24) is 4.90 Å². The van der Waals surface area contributed by atoms with Gasteiger partial charge in [-0.25, -0.2) is 0 Å². The average Bonchev–Trinajstić information content (AvgIpc) is 2.26. The Balaban J connectivity index is 2.64. The molecule has 0 aliphatic carbocycles. The molecule has 1 N–H and O–H groups in total. The monoisotopic (exact) mass is 255 g/mol. The summed E-state index contributed by atoms with van der Waals surface area (Å²) in [5.74, 6) is -0.706. The Labute approximate surface area is 109 Å². The lowest BCUT2D eigenvalue weighted by Gasteiger charge is -2.40. The predicted octanol–water partition coefficient (Wildman–Crippen LogP) is 2.38. The van der Waals surface area contributed by atoms with Crippen LogP contribution in [0.25, 0.3) is 0 Å². The summed E-state index contributed by atoms with van der Waals surface area (Å²) in [7, 11) is 0. The summed E-state index contributed by atoms with van der Waals surface area (Å²) in [5.41, 5.74) is -1.05. The van der Waals surface area contributed by atoms with Crippen molar-refractivity contribution in [3.8, 4) is 0 Å². The molecular weight excluding hydrogens is 230 g/mol. The molecule has 1 aliphatic heterocycles. The van der Waals surface area contributed by atoms with Crippen LogP contribution in [0.1, 0.15) is 47.5 Å². The van der Waals surface area contributed by atoms with Crippen LogP contribution in [-0.2, 0) is 9.59 Å². The van der Waals surface area contributed by atoms with Crippen LogP contribution in [-0.4, -0.2) is 35.0 Å². The fourth-order valence-corrected chi connectivity index (χ4v) is 2.44. The third kappa shape index (κ3) is 3.03. The Morgan fingerprint density at radius 1 is 1.06 bits per heavy atom. The van der Waals surface area contributed by atoms with E-state index in [1.807, 2.05) is 0 Å². The highest BCUT2D eigenvalue weighted by atomic mass is 16.4. The summed E-state index contributed by atoms with van der Waals surface area (Å²) in [6, 6.07) is 0. The van der Waals surface area contributed by atoms with Crippen molar-refractivity contribution in [2.75, 3.05) is 13.1 Å². The quantitative estimate of drug-likeness (QED) is 0.771. The molecule has 0 bridgehead atoms. The smallest absolute Gasteiger partial charge is 0.318 e. The molecule has 0 atom stereocenters. The van der Waals surface area contributed by atoms with E-state index in [4.69, 9.17) is 5.11 Å². The zero-order valence-corrected chi connectivity index (χ0v) is 12.1. The minimum atomic E-state index is -1.31. The maximum Gasteiger partial charge on any atom is 0.318 e. The summed E-state index contributed by atoms with van der Waals surface area (Å²) in [4.78, 5) is 24.9. The Morgan fingerprint density at radius 2 is 1.50 bits per heavy atom. The molecule has 0 unspecified atom stereocenters. The Morgan fingerprint density at radius 3 is 1.83 bits per heavy atom. The largest absolute Gasteiger partial charge is 0.480 e. The Hall–Kier alpha value is -1.06. The van der Waals surface area contributed by atoms with Crippen LogP contribution in [0.5, 0.6) is 0 Å². The maximum atomic E-state index is 12.2. The van der Waals surface area contributed by atoms with Gasteiger partial charge in [0.2, 0.25) is 5.91 Å². The zero-order valence-electron chi connectivity index (χ0n) is 12.1. The van der Waals surface area contributed by atoms with E-state index in [-0.39, 0.29) is 11.3 Å². The second-order valence-electron chi connectivity index (χ2n) is 6.86. The average molecular weight is 255 g/mol. The minimum Gasteiger partial charge on any atom is -0.480 e.